The van der Waals surface area contributed by atoms with Gasteiger partial charge in [0.25, 0.3) is 0 Å². The summed E-state index contributed by atoms with van der Waals surface area (Å²) in [6.07, 6.45) is -0.224. The van der Waals surface area contributed by atoms with Gasteiger partial charge >= 0.3 is 5.97 Å². The number of halogens is 1. The average Bonchev–Trinajstić information content (AvgIpc) is 2.68. The molecular weight excluding hydrogens is 418 g/mol. The Balaban J connectivity index is 2.32. The topological polar surface area (TPSA) is 90.0 Å². The zero-order valence-electron chi connectivity index (χ0n) is 16.3. The molecule has 0 atom stereocenters. The van der Waals surface area contributed by atoms with Gasteiger partial charge in [-0.1, -0.05) is 18.2 Å². The molecule has 0 aliphatic carbocycles. The highest BCUT2D eigenvalue weighted by Crippen LogP contribution is 2.29. The van der Waals surface area contributed by atoms with Crippen molar-refractivity contribution in [2.45, 2.75) is 30.7 Å². The number of para-hydroxylation sites is 1. The molecule has 0 spiro atoms. The molecule has 2 aromatic carbocycles. The van der Waals surface area contributed by atoms with Crippen LogP contribution >= 0.6 is 11.6 Å². The van der Waals surface area contributed by atoms with Gasteiger partial charge in [0.1, 0.15) is 17.0 Å². The molecular formula is C20H22ClNO6S. The van der Waals surface area contributed by atoms with Crippen LogP contribution in [-0.2, 0) is 24.3 Å². The lowest BCUT2D eigenvalue weighted by Gasteiger charge is -2.34. The number of hydrogen-bond donors (Lipinski definition) is 0. The molecule has 2 rings (SSSR count). The van der Waals surface area contributed by atoms with Crippen LogP contribution in [0.15, 0.2) is 59.5 Å². The highest BCUT2D eigenvalue weighted by molar-refractivity contribution is 7.89. The van der Waals surface area contributed by atoms with E-state index in [4.69, 9.17) is 16.3 Å². The number of rotatable bonds is 9. The Bertz CT molecular complexity index is 958. The molecule has 7 nitrogen and oxygen atoms in total. The smallest absolute Gasteiger partial charge is 0.306 e. The van der Waals surface area contributed by atoms with Crippen LogP contribution in [0.25, 0.3) is 0 Å². The van der Waals surface area contributed by atoms with E-state index in [1.165, 1.54) is 45.2 Å². The number of sulfonamides is 1. The summed E-state index contributed by atoms with van der Waals surface area (Å²) >= 11 is 5.64. The van der Waals surface area contributed by atoms with E-state index >= 15 is 0 Å². The van der Waals surface area contributed by atoms with Gasteiger partial charge in [0.15, 0.2) is 0 Å². The zero-order chi connectivity index (χ0) is 21.7. The Morgan fingerprint density at radius 1 is 1.00 bits per heavy atom. The van der Waals surface area contributed by atoms with Crippen LogP contribution < -0.4 is 4.74 Å². The minimum absolute atomic E-state index is 0.0613. The maximum Gasteiger partial charge on any atom is 0.306 e. The van der Waals surface area contributed by atoms with Gasteiger partial charge in [-0.2, -0.15) is 4.31 Å². The standard InChI is InChI=1S/C20H22ClNO6S/c1-20(2,19(21)24)22(14-13-18(23)27-3)29(25,26)17-11-9-16(10-12-17)28-15-7-5-4-6-8-15/h4-12H,13-14H2,1-3H3. The van der Waals surface area contributed by atoms with Crippen LogP contribution in [0.3, 0.4) is 0 Å². The number of ether oxygens (including phenoxy) is 2. The van der Waals surface area contributed by atoms with Crippen molar-refractivity contribution < 1.29 is 27.5 Å². The van der Waals surface area contributed by atoms with Crippen molar-refractivity contribution >= 4 is 32.8 Å². The van der Waals surface area contributed by atoms with Crippen molar-refractivity contribution in [1.82, 2.24) is 4.31 Å². The van der Waals surface area contributed by atoms with Gasteiger partial charge < -0.3 is 9.47 Å². The first kappa shape index (κ1) is 22.9. The van der Waals surface area contributed by atoms with E-state index in [1.807, 2.05) is 18.2 Å². The number of carbonyl (C=O) groups excluding carboxylic acids is 2. The van der Waals surface area contributed by atoms with E-state index in [9.17, 15) is 18.0 Å². The van der Waals surface area contributed by atoms with Gasteiger partial charge in [0, 0.05) is 6.54 Å². The maximum atomic E-state index is 13.2. The number of benzene rings is 2. The predicted octanol–water partition coefficient (Wildman–Crippen LogP) is 3.58. The first-order chi connectivity index (χ1) is 13.6. The van der Waals surface area contributed by atoms with E-state index in [1.54, 1.807) is 12.1 Å². The molecule has 0 amide bonds. The summed E-state index contributed by atoms with van der Waals surface area (Å²) in [5.74, 6) is 0.454. The van der Waals surface area contributed by atoms with Crippen LogP contribution in [0, 0.1) is 0 Å². The summed E-state index contributed by atoms with van der Waals surface area (Å²) in [5, 5.41) is -0.866. The summed E-state index contributed by atoms with van der Waals surface area (Å²) in [4.78, 5) is 23.3. The van der Waals surface area contributed by atoms with E-state index < -0.39 is 26.8 Å². The second-order valence-electron chi connectivity index (χ2n) is 6.62. The van der Waals surface area contributed by atoms with Crippen molar-refractivity contribution in [3.63, 3.8) is 0 Å². The number of methoxy groups -OCH3 is 1. The van der Waals surface area contributed by atoms with Crippen LogP contribution in [0.1, 0.15) is 20.3 Å². The fourth-order valence-electron chi connectivity index (χ4n) is 2.52. The van der Waals surface area contributed by atoms with Crippen LogP contribution in [0.2, 0.25) is 0 Å². The zero-order valence-corrected chi connectivity index (χ0v) is 17.9. The molecule has 0 unspecified atom stereocenters. The number of nitrogens with zero attached hydrogens (tertiary/aromatic N) is 1. The molecule has 2 aromatic rings. The van der Waals surface area contributed by atoms with Gasteiger partial charge in [-0.15, -0.1) is 0 Å². The predicted molar refractivity (Wildman–Crippen MR) is 108 cm³/mol. The van der Waals surface area contributed by atoms with E-state index in [2.05, 4.69) is 4.74 Å². The molecule has 0 aromatic heterocycles. The molecule has 156 valence electrons. The first-order valence-corrected chi connectivity index (χ1v) is 10.5. The third-order valence-corrected chi connectivity index (χ3v) is 6.79. The number of hydrogen-bond acceptors (Lipinski definition) is 6. The monoisotopic (exact) mass is 439 g/mol. The minimum Gasteiger partial charge on any atom is -0.469 e. The first-order valence-electron chi connectivity index (χ1n) is 8.71. The van der Waals surface area contributed by atoms with Gasteiger partial charge in [0.2, 0.25) is 15.3 Å². The largest absolute Gasteiger partial charge is 0.469 e. The Kier molecular flexibility index (Phi) is 7.40. The van der Waals surface area contributed by atoms with Crippen molar-refractivity contribution in [1.29, 1.82) is 0 Å². The van der Waals surface area contributed by atoms with E-state index in [0.717, 1.165) is 4.31 Å². The van der Waals surface area contributed by atoms with E-state index in [-0.39, 0.29) is 17.9 Å². The molecule has 0 saturated carbocycles. The maximum absolute atomic E-state index is 13.2. The Morgan fingerprint density at radius 3 is 2.07 bits per heavy atom. The molecule has 0 saturated heterocycles. The van der Waals surface area contributed by atoms with Gasteiger partial charge in [0.05, 0.1) is 18.4 Å². The van der Waals surface area contributed by atoms with Gasteiger partial charge in [-0.3, -0.25) is 9.59 Å². The second-order valence-corrected chi connectivity index (χ2v) is 8.83. The van der Waals surface area contributed by atoms with Crippen molar-refractivity contribution in [2.24, 2.45) is 0 Å². The van der Waals surface area contributed by atoms with Crippen LogP contribution in [0.4, 0.5) is 0 Å². The summed E-state index contributed by atoms with van der Waals surface area (Å²) in [5.41, 5.74) is -1.56. The molecule has 29 heavy (non-hydrogen) atoms. The van der Waals surface area contributed by atoms with Crippen molar-refractivity contribution in [3.8, 4) is 11.5 Å². The molecule has 0 aliphatic rings. The molecule has 0 aliphatic heterocycles. The highest BCUT2D eigenvalue weighted by atomic mass is 35.5. The summed E-state index contributed by atoms with van der Waals surface area (Å²) < 4.78 is 37.5. The molecule has 0 bridgehead atoms. The lowest BCUT2D eigenvalue weighted by molar-refractivity contribution is -0.141. The van der Waals surface area contributed by atoms with Gasteiger partial charge in [-0.05, 0) is 61.8 Å². The molecule has 9 heteroatoms. The molecule has 0 radical (unpaired) electrons. The van der Waals surface area contributed by atoms with Gasteiger partial charge in [-0.25, -0.2) is 8.42 Å². The van der Waals surface area contributed by atoms with E-state index in [0.29, 0.717) is 11.5 Å². The summed E-state index contributed by atoms with van der Waals surface area (Å²) in [7, 11) is -2.93. The Hall–Kier alpha value is -2.42. The second kappa shape index (κ2) is 9.39. The van der Waals surface area contributed by atoms with Crippen molar-refractivity contribution in [2.75, 3.05) is 13.7 Å². The molecule has 0 heterocycles. The Morgan fingerprint density at radius 2 is 1.55 bits per heavy atom. The Labute approximate surface area is 175 Å². The molecule has 0 fully saturated rings. The lowest BCUT2D eigenvalue weighted by Crippen LogP contribution is -2.52. The lowest BCUT2D eigenvalue weighted by atomic mass is 10.1. The molecule has 0 N–H and O–H groups in total. The van der Waals surface area contributed by atoms with Crippen molar-refractivity contribution in [3.05, 3.63) is 54.6 Å². The fourth-order valence-corrected chi connectivity index (χ4v) is 4.43. The number of carbonyl (C=O) groups is 2. The summed E-state index contributed by atoms with van der Waals surface area (Å²) in [6, 6.07) is 14.8. The van der Waals surface area contributed by atoms with Crippen LogP contribution in [0.5, 0.6) is 11.5 Å². The minimum atomic E-state index is -4.13. The summed E-state index contributed by atoms with van der Waals surface area (Å²) in [6.45, 7) is 2.50. The fraction of sp³-hybridized carbons (Fsp3) is 0.300. The SMILES string of the molecule is COC(=O)CCN(C(C)(C)C(=O)Cl)S(=O)(=O)c1ccc(Oc2ccccc2)cc1. The quantitative estimate of drug-likeness (QED) is 0.438. The normalized spacial score (nSPS) is 11.9. The van der Waals surface area contributed by atoms with Crippen LogP contribution in [-0.4, -0.2) is 43.1 Å². The third-order valence-electron chi connectivity index (χ3n) is 4.24. The highest BCUT2D eigenvalue weighted by Gasteiger charge is 2.42. The number of esters is 1. The average molecular weight is 440 g/mol. The third kappa shape index (κ3) is 5.56.